The largest absolute Gasteiger partial charge is 2.00 e. The van der Waals surface area contributed by atoms with Crippen LogP contribution in [0.1, 0.15) is 0 Å². The van der Waals surface area contributed by atoms with Crippen molar-refractivity contribution < 1.29 is 35.6 Å². The third-order valence-electron chi connectivity index (χ3n) is 0. The van der Waals surface area contributed by atoms with Crippen LogP contribution in [0.4, 0.5) is 0 Å². The number of nitrogens with zero attached hydrogens (tertiary/aromatic N) is 2. The van der Waals surface area contributed by atoms with Gasteiger partial charge in [-0.2, -0.15) is 0 Å². The summed E-state index contributed by atoms with van der Waals surface area (Å²) in [6.07, 6.45) is 0. The Morgan fingerprint density at radius 1 is 0.857 bits per heavy atom. The SMILES string of the molecule is [C-]#N.[C-]#N.[CH3-].[Co+2].[Li+]. The first-order chi connectivity index (χ1) is 2.00. The van der Waals surface area contributed by atoms with E-state index in [9.17, 15) is 0 Å². The second-order valence-corrected chi connectivity index (χ2v) is 0. The summed E-state index contributed by atoms with van der Waals surface area (Å²) >= 11 is 0. The van der Waals surface area contributed by atoms with Crippen LogP contribution in [0.3, 0.4) is 0 Å². The summed E-state index contributed by atoms with van der Waals surface area (Å²) < 4.78 is 0. The van der Waals surface area contributed by atoms with Crippen LogP contribution >= 0.6 is 0 Å². The Bertz CT molecular complexity index is 28.4. The molecule has 0 unspecified atom stereocenters. The Kier molecular flexibility index (Phi) is 193000. The van der Waals surface area contributed by atoms with Crippen LogP contribution in [0.15, 0.2) is 0 Å². The van der Waals surface area contributed by atoms with Gasteiger partial charge in [-0.3, -0.25) is 0 Å². The molecule has 0 N–H and O–H groups in total. The van der Waals surface area contributed by atoms with E-state index < -0.39 is 0 Å². The molecule has 0 atom stereocenters. The Morgan fingerprint density at radius 2 is 0.857 bits per heavy atom. The van der Waals surface area contributed by atoms with Gasteiger partial charge in [0.1, 0.15) is 0 Å². The topological polar surface area (TPSA) is 47.6 Å². The Morgan fingerprint density at radius 3 is 0.857 bits per heavy atom. The third-order valence-corrected chi connectivity index (χ3v) is 0. The quantitative estimate of drug-likeness (QED) is 0.274. The van der Waals surface area contributed by atoms with Gasteiger partial charge in [0.15, 0.2) is 0 Å². The predicted molar refractivity (Wildman–Crippen MR) is 16.4 cm³/mol. The maximum atomic E-state index is 6.25. The van der Waals surface area contributed by atoms with Gasteiger partial charge in [-0.15, -0.1) is 0 Å². The Hall–Kier alpha value is 0.0839. The van der Waals surface area contributed by atoms with E-state index in [4.69, 9.17) is 23.7 Å². The van der Waals surface area contributed by atoms with Gasteiger partial charge < -0.3 is 31.1 Å². The fourth-order valence-electron chi connectivity index (χ4n) is 0. The van der Waals surface area contributed by atoms with Crippen molar-refractivity contribution in [3.05, 3.63) is 20.6 Å². The first kappa shape index (κ1) is 60.4. The molecule has 0 bridgehead atoms. The van der Waals surface area contributed by atoms with Gasteiger partial charge in [0.05, 0.1) is 0 Å². The van der Waals surface area contributed by atoms with Crippen molar-refractivity contribution in [2.45, 2.75) is 0 Å². The molecule has 0 aromatic carbocycles. The zero-order valence-electron chi connectivity index (χ0n) is 4.23. The van der Waals surface area contributed by atoms with Gasteiger partial charge >= 0.3 is 35.6 Å². The van der Waals surface area contributed by atoms with Crippen LogP contribution in [0.2, 0.25) is 0 Å². The van der Waals surface area contributed by atoms with E-state index in [0.29, 0.717) is 0 Å². The molecule has 0 saturated carbocycles. The molecule has 0 spiro atoms. The smallest absolute Gasteiger partial charge is 0.512 e. The first-order valence-electron chi connectivity index (χ1n) is 0.447. The zero-order chi connectivity index (χ0) is 4.00. The molecule has 0 heterocycles. The molecule has 0 saturated heterocycles. The fraction of sp³-hybridized carbons (Fsp3) is 0. The molecule has 7 heavy (non-hydrogen) atoms. The average Bonchev–Trinajstić information content (AvgIpc) is 1.50. The average molecular weight is 133 g/mol. The first-order valence-corrected chi connectivity index (χ1v) is 0.447. The number of hydrogen-bond acceptors (Lipinski definition) is 2. The van der Waals surface area contributed by atoms with Crippen molar-refractivity contribution in [1.29, 1.82) is 10.5 Å². The fourth-order valence-corrected chi connectivity index (χ4v) is 0. The van der Waals surface area contributed by atoms with Crippen molar-refractivity contribution in [3.63, 3.8) is 0 Å². The van der Waals surface area contributed by atoms with Gasteiger partial charge in [-0.05, 0) is 0 Å². The molecule has 0 amide bonds. The molecule has 0 aliphatic rings. The van der Waals surface area contributed by atoms with E-state index in [1.54, 1.807) is 0 Å². The van der Waals surface area contributed by atoms with Crippen LogP contribution in [0, 0.1) is 31.1 Å². The van der Waals surface area contributed by atoms with Gasteiger partial charge in [0, 0.05) is 0 Å². The zero-order valence-corrected chi connectivity index (χ0v) is 5.27. The summed E-state index contributed by atoms with van der Waals surface area (Å²) in [6.45, 7) is 9.50. The second-order valence-electron chi connectivity index (χ2n) is 0. The molecule has 4 heteroatoms. The molecule has 2 nitrogen and oxygen atoms in total. The standard InChI is InChI=1S/2CN.CH3.Co.Li/c2*1-2;;;/h;;1H3;;/q3*-1;+2;+1. The maximum absolute atomic E-state index is 6.25. The predicted octanol–water partition coefficient (Wildman–Crippen LogP) is -2.36. The molecule has 0 fully saturated rings. The van der Waals surface area contributed by atoms with E-state index in [-0.39, 0.29) is 43.1 Å². The minimum Gasteiger partial charge on any atom is -0.512 e. The van der Waals surface area contributed by atoms with Crippen molar-refractivity contribution >= 4 is 0 Å². The van der Waals surface area contributed by atoms with E-state index in [2.05, 4.69) is 0 Å². The van der Waals surface area contributed by atoms with Crippen molar-refractivity contribution in [2.75, 3.05) is 0 Å². The van der Waals surface area contributed by atoms with Crippen LogP contribution < -0.4 is 18.9 Å². The van der Waals surface area contributed by atoms with Gasteiger partial charge in [0.25, 0.3) is 0 Å². The summed E-state index contributed by atoms with van der Waals surface area (Å²) in [7, 11) is 0. The number of rotatable bonds is 0. The molecular weight excluding hydrogens is 130 g/mol. The van der Waals surface area contributed by atoms with Gasteiger partial charge in [0.2, 0.25) is 0 Å². The molecule has 0 aliphatic heterocycles. The molecule has 0 aliphatic carbocycles. The van der Waals surface area contributed by atoms with Crippen LogP contribution in [-0.2, 0) is 16.8 Å². The molecule has 1 radical (unpaired) electrons. The summed E-state index contributed by atoms with van der Waals surface area (Å²) in [4.78, 5) is 0. The van der Waals surface area contributed by atoms with Crippen LogP contribution in [-0.4, -0.2) is 0 Å². The maximum Gasteiger partial charge on any atom is 2.00 e. The molecule has 0 rings (SSSR count). The third kappa shape index (κ3) is 14400. The van der Waals surface area contributed by atoms with E-state index in [1.165, 1.54) is 0 Å². The molecule has 35 valence electrons. The monoisotopic (exact) mass is 133 g/mol. The van der Waals surface area contributed by atoms with Gasteiger partial charge in [-0.25, -0.2) is 0 Å². The minimum absolute atomic E-state index is 0. The van der Waals surface area contributed by atoms with E-state index in [1.807, 2.05) is 0 Å². The summed E-state index contributed by atoms with van der Waals surface area (Å²) in [5.74, 6) is 0. The normalized spacial score (nSPS) is 0.571. The Balaban J connectivity index is -0.00000000267. The minimum atomic E-state index is 0. The molecular formula is C3H3CoLiN2. The molecule has 0 aromatic rings. The number of hydrogen-bond donors (Lipinski definition) is 0. The summed E-state index contributed by atoms with van der Waals surface area (Å²) in [5.41, 5.74) is 0. The summed E-state index contributed by atoms with van der Waals surface area (Å²) in [5, 5.41) is 12.5. The van der Waals surface area contributed by atoms with Crippen molar-refractivity contribution in [1.82, 2.24) is 0 Å². The van der Waals surface area contributed by atoms with Gasteiger partial charge in [-0.1, -0.05) is 0 Å². The van der Waals surface area contributed by atoms with Crippen LogP contribution in [0.25, 0.3) is 0 Å². The van der Waals surface area contributed by atoms with Crippen molar-refractivity contribution in [3.8, 4) is 0 Å². The Labute approximate surface area is 66.9 Å². The second kappa shape index (κ2) is 22300. The van der Waals surface area contributed by atoms with Crippen LogP contribution in [0.5, 0.6) is 0 Å². The van der Waals surface area contributed by atoms with E-state index in [0.717, 1.165) is 0 Å². The van der Waals surface area contributed by atoms with Crippen molar-refractivity contribution in [2.24, 2.45) is 0 Å². The summed E-state index contributed by atoms with van der Waals surface area (Å²) in [6, 6.07) is 0. The van der Waals surface area contributed by atoms with E-state index >= 15 is 0 Å². The molecule has 0 aromatic heterocycles.